The van der Waals surface area contributed by atoms with E-state index >= 15 is 0 Å². The van der Waals surface area contributed by atoms with Crippen molar-refractivity contribution in [1.29, 1.82) is 0 Å². The predicted octanol–water partition coefficient (Wildman–Crippen LogP) is 5.02. The molecule has 0 saturated carbocycles. The molecule has 112 valence electrons. The molecule has 0 spiro atoms. The van der Waals surface area contributed by atoms with Gasteiger partial charge in [0.25, 0.3) is 0 Å². The van der Waals surface area contributed by atoms with Gasteiger partial charge in [-0.25, -0.2) is 4.98 Å². The number of benzene rings is 3. The Kier molecular flexibility index (Phi) is 3.12. The number of anilines is 3. The molecule has 0 amide bonds. The molecule has 0 unspecified atom stereocenters. The fraction of sp³-hybridized carbons (Fsp3) is 0.0500. The van der Waals surface area contributed by atoms with Crippen LogP contribution in [-0.4, -0.2) is 4.98 Å². The number of rotatable bonds is 2. The first-order chi connectivity index (χ1) is 11.2. The number of pyridine rings is 1. The van der Waals surface area contributed by atoms with Crippen molar-refractivity contribution < 1.29 is 0 Å². The number of aryl methyl sites for hydroxylation is 1. The van der Waals surface area contributed by atoms with Gasteiger partial charge in [0.2, 0.25) is 0 Å². The monoisotopic (exact) mass is 299 g/mol. The van der Waals surface area contributed by atoms with Crippen molar-refractivity contribution in [1.82, 2.24) is 4.98 Å². The maximum absolute atomic E-state index is 6.12. The van der Waals surface area contributed by atoms with Gasteiger partial charge >= 0.3 is 0 Å². The van der Waals surface area contributed by atoms with E-state index in [4.69, 9.17) is 10.7 Å². The van der Waals surface area contributed by atoms with Gasteiger partial charge in [0.05, 0.1) is 28.1 Å². The van der Waals surface area contributed by atoms with Gasteiger partial charge in [-0.15, -0.1) is 0 Å². The highest BCUT2D eigenvalue weighted by Crippen LogP contribution is 2.35. The Hall–Kier alpha value is -3.07. The summed E-state index contributed by atoms with van der Waals surface area (Å²) < 4.78 is 0. The van der Waals surface area contributed by atoms with Gasteiger partial charge in [0, 0.05) is 10.8 Å². The highest BCUT2D eigenvalue weighted by atomic mass is 14.9. The lowest BCUT2D eigenvalue weighted by atomic mass is 10.0. The largest absolute Gasteiger partial charge is 0.397 e. The van der Waals surface area contributed by atoms with Crippen molar-refractivity contribution in [3.05, 3.63) is 72.3 Å². The third-order valence-corrected chi connectivity index (χ3v) is 4.14. The molecule has 3 heteroatoms. The molecule has 4 rings (SSSR count). The number of nitrogens with one attached hydrogen (secondary N) is 1. The molecule has 0 bridgehead atoms. The fourth-order valence-corrected chi connectivity index (χ4v) is 2.99. The lowest BCUT2D eigenvalue weighted by Gasteiger charge is -2.16. The Bertz CT molecular complexity index is 1020. The summed E-state index contributed by atoms with van der Waals surface area (Å²) in [5.74, 6) is 0. The standard InChI is InChI=1S/C20H17N3/c1-13-7-6-12-18-19(13)20(14-8-2-4-10-16(14)22-18)23-17-11-5-3-9-15(17)21/h2-12H,21H2,1H3,(H,22,23). The van der Waals surface area contributed by atoms with Crippen LogP contribution in [0.25, 0.3) is 21.8 Å². The first kappa shape index (κ1) is 13.6. The molecule has 3 nitrogen and oxygen atoms in total. The van der Waals surface area contributed by atoms with Crippen molar-refractivity contribution in [2.24, 2.45) is 0 Å². The second-order valence-corrected chi connectivity index (χ2v) is 5.69. The van der Waals surface area contributed by atoms with E-state index in [1.807, 2.05) is 54.6 Å². The van der Waals surface area contributed by atoms with Gasteiger partial charge in [0.15, 0.2) is 0 Å². The van der Waals surface area contributed by atoms with Crippen LogP contribution in [0.5, 0.6) is 0 Å². The van der Waals surface area contributed by atoms with E-state index in [1.165, 1.54) is 5.56 Å². The summed E-state index contributed by atoms with van der Waals surface area (Å²) in [6, 6.07) is 22.2. The number of fused-ring (bicyclic) bond motifs is 2. The molecule has 0 saturated heterocycles. The van der Waals surface area contributed by atoms with Crippen LogP contribution in [0.4, 0.5) is 17.1 Å². The first-order valence-corrected chi connectivity index (χ1v) is 7.63. The van der Waals surface area contributed by atoms with Crippen LogP contribution in [0.2, 0.25) is 0 Å². The zero-order valence-corrected chi connectivity index (χ0v) is 12.9. The Morgan fingerprint density at radius 1 is 0.826 bits per heavy atom. The number of hydrogen-bond acceptors (Lipinski definition) is 3. The minimum atomic E-state index is 0.732. The van der Waals surface area contributed by atoms with Crippen LogP contribution in [0.3, 0.4) is 0 Å². The highest BCUT2D eigenvalue weighted by Gasteiger charge is 2.11. The maximum atomic E-state index is 6.12. The highest BCUT2D eigenvalue weighted by molar-refractivity contribution is 6.10. The Labute approximate surface area is 134 Å². The number of hydrogen-bond donors (Lipinski definition) is 2. The third-order valence-electron chi connectivity index (χ3n) is 4.14. The molecule has 0 aliphatic heterocycles. The van der Waals surface area contributed by atoms with Gasteiger partial charge in [-0.3, -0.25) is 0 Å². The Morgan fingerprint density at radius 3 is 2.43 bits per heavy atom. The van der Waals surface area contributed by atoms with E-state index in [9.17, 15) is 0 Å². The van der Waals surface area contributed by atoms with Crippen LogP contribution in [0.1, 0.15) is 5.56 Å². The summed E-state index contributed by atoms with van der Waals surface area (Å²) in [7, 11) is 0. The summed E-state index contributed by atoms with van der Waals surface area (Å²) in [5, 5.41) is 5.76. The average molecular weight is 299 g/mol. The lowest BCUT2D eigenvalue weighted by molar-refractivity contribution is 1.45. The number of nitrogen functional groups attached to an aromatic ring is 1. The smallest absolute Gasteiger partial charge is 0.0733 e. The van der Waals surface area contributed by atoms with Gasteiger partial charge in [-0.2, -0.15) is 0 Å². The number of nitrogens with zero attached hydrogens (tertiary/aromatic N) is 1. The van der Waals surface area contributed by atoms with E-state index in [0.717, 1.165) is 38.9 Å². The van der Waals surface area contributed by atoms with E-state index in [2.05, 4.69) is 24.4 Å². The summed E-state index contributed by atoms with van der Waals surface area (Å²) >= 11 is 0. The van der Waals surface area contributed by atoms with Crippen molar-refractivity contribution in [2.75, 3.05) is 11.1 Å². The molecule has 3 N–H and O–H groups in total. The first-order valence-electron chi connectivity index (χ1n) is 7.63. The van der Waals surface area contributed by atoms with Crippen molar-refractivity contribution >= 4 is 38.9 Å². The normalized spacial score (nSPS) is 11.0. The molecule has 3 aromatic carbocycles. The molecule has 0 fully saturated rings. The zero-order valence-electron chi connectivity index (χ0n) is 12.9. The molecular formula is C20H17N3. The molecule has 0 radical (unpaired) electrons. The van der Waals surface area contributed by atoms with Gasteiger partial charge in [0.1, 0.15) is 0 Å². The minimum Gasteiger partial charge on any atom is -0.397 e. The molecule has 0 atom stereocenters. The summed E-state index contributed by atoms with van der Waals surface area (Å²) in [6.07, 6.45) is 0. The number of para-hydroxylation sites is 3. The van der Waals surface area contributed by atoms with Crippen molar-refractivity contribution in [3.8, 4) is 0 Å². The minimum absolute atomic E-state index is 0.732. The second kappa shape index (κ2) is 5.29. The topological polar surface area (TPSA) is 50.9 Å². The zero-order chi connectivity index (χ0) is 15.8. The van der Waals surface area contributed by atoms with E-state index < -0.39 is 0 Å². The van der Waals surface area contributed by atoms with E-state index in [0.29, 0.717) is 0 Å². The molecular weight excluding hydrogens is 282 g/mol. The van der Waals surface area contributed by atoms with Gasteiger partial charge in [-0.1, -0.05) is 42.5 Å². The lowest BCUT2D eigenvalue weighted by Crippen LogP contribution is -1.99. The fourth-order valence-electron chi connectivity index (χ4n) is 2.99. The summed E-state index contributed by atoms with van der Waals surface area (Å²) in [5.41, 5.74) is 12.0. The van der Waals surface area contributed by atoms with E-state index in [1.54, 1.807) is 0 Å². The number of aromatic nitrogens is 1. The maximum Gasteiger partial charge on any atom is 0.0733 e. The molecule has 4 aromatic rings. The third kappa shape index (κ3) is 2.27. The SMILES string of the molecule is Cc1cccc2nc3ccccc3c(Nc3ccccc3N)c12. The van der Waals surface area contributed by atoms with Crippen molar-refractivity contribution in [3.63, 3.8) is 0 Å². The van der Waals surface area contributed by atoms with Crippen LogP contribution in [-0.2, 0) is 0 Å². The predicted molar refractivity (Wildman–Crippen MR) is 98.1 cm³/mol. The van der Waals surface area contributed by atoms with Crippen LogP contribution in [0, 0.1) is 6.92 Å². The molecule has 0 aliphatic carbocycles. The van der Waals surface area contributed by atoms with Crippen LogP contribution in [0.15, 0.2) is 66.7 Å². The van der Waals surface area contributed by atoms with E-state index in [-0.39, 0.29) is 0 Å². The summed E-state index contributed by atoms with van der Waals surface area (Å²) in [4.78, 5) is 4.79. The van der Waals surface area contributed by atoms with Crippen LogP contribution >= 0.6 is 0 Å². The molecule has 0 aliphatic rings. The molecule has 1 heterocycles. The molecule has 1 aromatic heterocycles. The average Bonchev–Trinajstić information content (AvgIpc) is 2.56. The van der Waals surface area contributed by atoms with Crippen molar-refractivity contribution in [2.45, 2.75) is 6.92 Å². The van der Waals surface area contributed by atoms with Gasteiger partial charge < -0.3 is 11.1 Å². The van der Waals surface area contributed by atoms with Gasteiger partial charge in [-0.05, 0) is 36.8 Å². The number of nitrogens with two attached hydrogens (primary N) is 1. The second-order valence-electron chi connectivity index (χ2n) is 5.69. The Balaban J connectivity index is 2.07. The summed E-state index contributed by atoms with van der Waals surface area (Å²) in [6.45, 7) is 2.11. The Morgan fingerprint density at radius 2 is 1.57 bits per heavy atom. The van der Waals surface area contributed by atoms with Crippen LogP contribution < -0.4 is 11.1 Å². The quantitative estimate of drug-likeness (QED) is 0.403. The molecule has 23 heavy (non-hydrogen) atoms.